The second-order valence-electron chi connectivity index (χ2n) is 6.89. The lowest BCUT2D eigenvalue weighted by molar-refractivity contribution is -0.282. The van der Waals surface area contributed by atoms with Crippen LogP contribution in [0.25, 0.3) is 0 Å². The third-order valence-electron chi connectivity index (χ3n) is 3.17. The molecule has 0 amide bonds. The van der Waals surface area contributed by atoms with Crippen molar-refractivity contribution in [2.75, 3.05) is 0 Å². The molecule has 0 unspecified atom stereocenters. The lowest BCUT2D eigenvalue weighted by Gasteiger charge is -2.35. The summed E-state index contributed by atoms with van der Waals surface area (Å²) in [6.07, 6.45) is -7.28. The van der Waals surface area contributed by atoms with Crippen LogP contribution in [0.1, 0.15) is 19.8 Å². The topological polar surface area (TPSA) is 9.23 Å². The second kappa shape index (κ2) is 6.80. The van der Waals surface area contributed by atoms with Gasteiger partial charge < -0.3 is 4.12 Å². The molecule has 0 aliphatic carbocycles. The molecule has 0 heterocycles. The van der Waals surface area contributed by atoms with Crippen LogP contribution in [-0.4, -0.2) is 34.7 Å². The van der Waals surface area contributed by atoms with Crippen molar-refractivity contribution in [3.05, 3.63) is 0 Å². The molecular weight excluding hydrogens is 349 g/mol. The van der Waals surface area contributed by atoms with Gasteiger partial charge in [-0.3, -0.25) is 0 Å². The second-order valence-corrected chi connectivity index (χ2v) is 15.7. The van der Waals surface area contributed by atoms with Gasteiger partial charge in [0.15, 0.2) is 16.6 Å². The molecule has 0 rings (SSSR count). The number of rotatable bonds is 8. The first-order chi connectivity index (χ1) is 9.37. The normalized spacial score (nSPS) is 15.3. The molecule has 0 saturated carbocycles. The Hall–Kier alpha value is -0.0962. The lowest BCUT2D eigenvalue weighted by Crippen LogP contribution is -2.46. The molecule has 0 aliphatic heterocycles. The van der Waals surface area contributed by atoms with Gasteiger partial charge in [-0.25, -0.2) is 8.78 Å². The van der Waals surface area contributed by atoms with E-state index < -0.39 is 41.1 Å². The highest BCUT2D eigenvalue weighted by atomic mass is 28.4. The first-order valence-electron chi connectivity index (χ1n) is 6.90. The van der Waals surface area contributed by atoms with E-state index in [4.69, 9.17) is 4.12 Å². The highest BCUT2D eigenvalue weighted by molar-refractivity contribution is 6.84. The molecule has 134 valence electrons. The summed E-state index contributed by atoms with van der Waals surface area (Å²) in [6.45, 7) is 7.21. The maximum atomic E-state index is 13.0. The molecule has 0 N–H and O–H groups in total. The highest BCUT2D eigenvalue weighted by Crippen LogP contribution is 2.40. The fourth-order valence-corrected chi connectivity index (χ4v) is 10.7. The Balaban J connectivity index is 4.63. The van der Waals surface area contributed by atoms with Gasteiger partial charge in [0.05, 0.1) is 0 Å². The molecule has 10 heteroatoms. The van der Waals surface area contributed by atoms with Crippen molar-refractivity contribution in [2.45, 2.75) is 76.1 Å². The molecule has 1 nitrogen and oxygen atoms in total. The van der Waals surface area contributed by atoms with Gasteiger partial charge in [-0.15, -0.1) is 0 Å². The maximum Gasteiger partial charge on any atom is 0.453 e. The minimum atomic E-state index is -5.57. The average Bonchev–Trinajstić information content (AvgIpc) is 2.20. The van der Waals surface area contributed by atoms with Crippen molar-refractivity contribution in [1.29, 1.82) is 0 Å². The summed E-state index contributed by atoms with van der Waals surface area (Å²) in [4.78, 5) is 0. The zero-order valence-corrected chi connectivity index (χ0v) is 15.4. The molecule has 0 aliphatic rings. The standard InChI is InChI=1S/C12H23F7OSi2/c1-10(13,14)6-8-21(2,3)20-22(4,5)9-7-11(15,16)12(17,18)19/h6-9H2,1-5H3. The monoisotopic (exact) mass is 372 g/mol. The molecular formula is C12H23F7OSi2. The van der Waals surface area contributed by atoms with Gasteiger partial charge in [0, 0.05) is 12.8 Å². The SMILES string of the molecule is CC(F)(F)CC[Si](C)(C)O[Si](C)(C)CCC(F)(F)C(F)(F)F. The summed E-state index contributed by atoms with van der Waals surface area (Å²) in [5.74, 6) is -7.59. The summed E-state index contributed by atoms with van der Waals surface area (Å²) >= 11 is 0. The average molecular weight is 372 g/mol. The van der Waals surface area contributed by atoms with Crippen LogP contribution in [-0.2, 0) is 4.12 Å². The Labute approximate surface area is 128 Å². The van der Waals surface area contributed by atoms with Crippen molar-refractivity contribution in [3.63, 3.8) is 0 Å². The van der Waals surface area contributed by atoms with Crippen molar-refractivity contribution in [3.8, 4) is 0 Å². The predicted octanol–water partition coefficient (Wildman–Crippen LogP) is 6.05. The zero-order chi connectivity index (χ0) is 18.0. The van der Waals surface area contributed by atoms with Crippen LogP contribution in [0.3, 0.4) is 0 Å². The highest BCUT2D eigenvalue weighted by Gasteiger charge is 2.57. The van der Waals surface area contributed by atoms with E-state index in [-0.39, 0.29) is 18.5 Å². The van der Waals surface area contributed by atoms with Gasteiger partial charge in [0.2, 0.25) is 5.92 Å². The van der Waals surface area contributed by atoms with Crippen LogP contribution in [0.4, 0.5) is 30.7 Å². The molecule has 0 aromatic heterocycles. The van der Waals surface area contributed by atoms with Crippen LogP contribution in [0.2, 0.25) is 38.3 Å². The Morgan fingerprint density at radius 3 is 1.41 bits per heavy atom. The number of alkyl halides is 7. The minimum Gasteiger partial charge on any atom is -0.455 e. The molecule has 0 bridgehead atoms. The molecule has 0 saturated heterocycles. The van der Waals surface area contributed by atoms with Gasteiger partial charge in [-0.2, -0.15) is 22.0 Å². The Kier molecular flexibility index (Phi) is 6.77. The van der Waals surface area contributed by atoms with Gasteiger partial charge in [0.1, 0.15) is 0 Å². The summed E-state index contributed by atoms with van der Waals surface area (Å²) in [7, 11) is -5.32. The van der Waals surface area contributed by atoms with Crippen molar-refractivity contribution >= 4 is 16.6 Å². The summed E-state index contributed by atoms with van der Waals surface area (Å²) in [5.41, 5.74) is 0. The molecule has 22 heavy (non-hydrogen) atoms. The first kappa shape index (κ1) is 21.9. The molecule has 0 radical (unpaired) electrons. The smallest absolute Gasteiger partial charge is 0.453 e. The Morgan fingerprint density at radius 1 is 0.727 bits per heavy atom. The number of halogens is 7. The van der Waals surface area contributed by atoms with Crippen LogP contribution in [0, 0.1) is 0 Å². The zero-order valence-electron chi connectivity index (χ0n) is 13.4. The fourth-order valence-electron chi connectivity index (χ4n) is 1.97. The van der Waals surface area contributed by atoms with Gasteiger partial charge in [-0.1, -0.05) is 0 Å². The van der Waals surface area contributed by atoms with Crippen molar-refractivity contribution in [1.82, 2.24) is 0 Å². The molecule has 0 spiro atoms. The largest absolute Gasteiger partial charge is 0.455 e. The van der Waals surface area contributed by atoms with Crippen LogP contribution >= 0.6 is 0 Å². The summed E-state index contributed by atoms with van der Waals surface area (Å²) in [5, 5.41) is 0. The molecule has 0 aromatic rings. The van der Waals surface area contributed by atoms with Crippen LogP contribution in [0.15, 0.2) is 0 Å². The summed E-state index contributed by atoms with van der Waals surface area (Å²) in [6, 6.07) is -0.249. The first-order valence-corrected chi connectivity index (χ1v) is 13.1. The fraction of sp³-hybridized carbons (Fsp3) is 1.00. The van der Waals surface area contributed by atoms with Gasteiger partial charge in [-0.05, 0) is 45.2 Å². The Bertz CT molecular complexity index is 361. The molecule has 0 aromatic carbocycles. The van der Waals surface area contributed by atoms with Gasteiger partial charge >= 0.3 is 12.1 Å². The molecule has 0 fully saturated rings. The van der Waals surface area contributed by atoms with Gasteiger partial charge in [0.25, 0.3) is 0 Å². The van der Waals surface area contributed by atoms with E-state index in [1.54, 1.807) is 13.1 Å². The van der Waals surface area contributed by atoms with E-state index in [1.165, 1.54) is 13.1 Å². The van der Waals surface area contributed by atoms with E-state index >= 15 is 0 Å². The van der Waals surface area contributed by atoms with Crippen molar-refractivity contribution < 1.29 is 34.8 Å². The number of hydrogen-bond acceptors (Lipinski definition) is 1. The van der Waals surface area contributed by atoms with E-state index in [2.05, 4.69) is 0 Å². The third-order valence-corrected chi connectivity index (χ3v) is 10.5. The third kappa shape index (κ3) is 8.51. The van der Waals surface area contributed by atoms with Crippen LogP contribution < -0.4 is 0 Å². The predicted molar refractivity (Wildman–Crippen MR) is 76.5 cm³/mol. The maximum absolute atomic E-state index is 13.0. The quantitative estimate of drug-likeness (QED) is 0.372. The molecule has 0 atom stereocenters. The van der Waals surface area contributed by atoms with Crippen molar-refractivity contribution in [2.24, 2.45) is 0 Å². The van der Waals surface area contributed by atoms with E-state index in [0.29, 0.717) is 0 Å². The Morgan fingerprint density at radius 2 is 1.09 bits per heavy atom. The van der Waals surface area contributed by atoms with E-state index in [1.807, 2.05) is 0 Å². The van der Waals surface area contributed by atoms with E-state index in [9.17, 15) is 30.7 Å². The summed E-state index contributed by atoms with van der Waals surface area (Å²) < 4.78 is 93.9. The lowest BCUT2D eigenvalue weighted by atomic mass is 10.2. The van der Waals surface area contributed by atoms with E-state index in [0.717, 1.165) is 6.92 Å². The number of hydrogen-bond donors (Lipinski definition) is 0. The minimum absolute atomic E-state index is 0.128. The van der Waals surface area contributed by atoms with Crippen LogP contribution in [0.5, 0.6) is 0 Å².